The minimum absolute atomic E-state index is 0.307. The fourth-order valence-corrected chi connectivity index (χ4v) is 1.19. The van der Waals surface area contributed by atoms with Crippen molar-refractivity contribution in [1.29, 1.82) is 0 Å². The van der Waals surface area contributed by atoms with E-state index in [1.54, 1.807) is 18.2 Å². The molecule has 0 atom stereocenters. The summed E-state index contributed by atoms with van der Waals surface area (Å²) in [5.41, 5.74) is 1.43. The third kappa shape index (κ3) is 11.7. The molecular formula is C18H30O3. The summed E-state index contributed by atoms with van der Waals surface area (Å²) in [4.78, 5) is 33.3. The van der Waals surface area contributed by atoms with E-state index in [-0.39, 0.29) is 12.2 Å². The molecule has 0 aliphatic rings. The summed E-state index contributed by atoms with van der Waals surface area (Å²) in [7, 11) is 0. The Balaban J connectivity index is -0.000000478. The van der Waals surface area contributed by atoms with Crippen LogP contribution in [0.4, 0.5) is 0 Å². The number of rotatable bonds is 4. The maximum atomic E-state index is 11.5. The fraction of sp³-hybridized carbons (Fsp3) is 0.500. The van der Waals surface area contributed by atoms with Crippen molar-refractivity contribution < 1.29 is 14.4 Å². The van der Waals surface area contributed by atoms with Gasteiger partial charge in [-0.1, -0.05) is 65.3 Å². The van der Waals surface area contributed by atoms with Crippen LogP contribution in [-0.2, 0) is 9.59 Å². The molecule has 1 aromatic rings. The zero-order valence-electron chi connectivity index (χ0n) is 14.7. The average molecular weight is 294 g/mol. The van der Waals surface area contributed by atoms with Crippen LogP contribution in [0.2, 0.25) is 0 Å². The van der Waals surface area contributed by atoms with Crippen LogP contribution in [0.5, 0.6) is 0 Å². The Morgan fingerprint density at radius 3 is 1.76 bits per heavy atom. The van der Waals surface area contributed by atoms with E-state index in [9.17, 15) is 14.4 Å². The third-order valence-electron chi connectivity index (χ3n) is 2.05. The van der Waals surface area contributed by atoms with Gasteiger partial charge in [0.15, 0.2) is 11.6 Å². The van der Waals surface area contributed by atoms with Gasteiger partial charge < -0.3 is 0 Å². The second kappa shape index (κ2) is 16.3. The Morgan fingerprint density at radius 2 is 1.38 bits per heavy atom. The summed E-state index contributed by atoms with van der Waals surface area (Å²) in [6.07, 6.45) is -0.335. The number of ketones is 3. The predicted octanol–water partition coefficient (Wildman–Crippen LogP) is 4.80. The number of Topliss-reactive ketones (excluding diaryl/α,β-unsaturated/α-hetero) is 3. The molecule has 0 spiro atoms. The first-order chi connectivity index (χ1) is 10.0. The number of hydrogen-bond acceptors (Lipinski definition) is 3. The summed E-state index contributed by atoms with van der Waals surface area (Å²) >= 11 is 0. The first kappa shape index (κ1) is 24.3. The van der Waals surface area contributed by atoms with E-state index in [4.69, 9.17) is 0 Å². The smallest absolute Gasteiger partial charge is 0.205 e. The molecule has 3 heteroatoms. The number of benzene rings is 1. The van der Waals surface area contributed by atoms with Crippen LogP contribution in [-0.4, -0.2) is 17.3 Å². The van der Waals surface area contributed by atoms with Gasteiger partial charge in [0.25, 0.3) is 0 Å². The van der Waals surface area contributed by atoms with Crippen molar-refractivity contribution in [2.45, 2.75) is 61.8 Å². The molecule has 0 aliphatic heterocycles. The van der Waals surface area contributed by atoms with Gasteiger partial charge in [0, 0.05) is 12.5 Å². The molecule has 0 heterocycles. The van der Waals surface area contributed by atoms with Gasteiger partial charge in [-0.15, -0.1) is 0 Å². The van der Waals surface area contributed by atoms with Gasteiger partial charge in [-0.25, -0.2) is 0 Å². The Labute approximate surface area is 129 Å². The van der Waals surface area contributed by atoms with Crippen molar-refractivity contribution in [1.82, 2.24) is 0 Å². The van der Waals surface area contributed by atoms with Crippen LogP contribution in [0.15, 0.2) is 24.3 Å². The van der Waals surface area contributed by atoms with E-state index in [0.29, 0.717) is 5.56 Å². The van der Waals surface area contributed by atoms with Crippen LogP contribution < -0.4 is 0 Å². The van der Waals surface area contributed by atoms with Crippen molar-refractivity contribution in [2.75, 3.05) is 0 Å². The second-order valence-corrected chi connectivity index (χ2v) is 3.45. The molecule has 0 amide bonds. The van der Waals surface area contributed by atoms with Gasteiger partial charge in [0.05, 0.1) is 6.42 Å². The summed E-state index contributed by atoms with van der Waals surface area (Å²) < 4.78 is 0. The van der Waals surface area contributed by atoms with Crippen LogP contribution in [0, 0.1) is 6.92 Å². The highest BCUT2D eigenvalue weighted by Gasteiger charge is 2.14. The zero-order chi connectivity index (χ0) is 17.4. The molecule has 0 saturated carbocycles. The lowest BCUT2D eigenvalue weighted by molar-refractivity contribution is -0.134. The number of hydrogen-bond donors (Lipinski definition) is 0. The normalized spacial score (nSPS) is 7.81. The highest BCUT2D eigenvalue weighted by molar-refractivity contribution is 6.40. The SMILES string of the molecule is CC.CC.CC.CC(=O)C(=O)CC(=O)c1cccc(C)c1. The van der Waals surface area contributed by atoms with E-state index in [0.717, 1.165) is 5.56 Å². The van der Waals surface area contributed by atoms with E-state index in [2.05, 4.69) is 0 Å². The summed E-state index contributed by atoms with van der Waals surface area (Å²) in [6, 6.07) is 6.96. The zero-order valence-corrected chi connectivity index (χ0v) is 14.7. The molecule has 1 rings (SSSR count). The van der Waals surface area contributed by atoms with Crippen LogP contribution in [0.1, 0.15) is 70.8 Å². The monoisotopic (exact) mass is 294 g/mol. The fourth-order valence-electron chi connectivity index (χ4n) is 1.19. The molecule has 3 nitrogen and oxygen atoms in total. The molecular weight excluding hydrogens is 264 g/mol. The Kier molecular flexibility index (Phi) is 18.8. The van der Waals surface area contributed by atoms with Gasteiger partial charge in [0.1, 0.15) is 0 Å². The van der Waals surface area contributed by atoms with Gasteiger partial charge in [-0.3, -0.25) is 14.4 Å². The minimum Gasteiger partial charge on any atom is -0.294 e. The van der Waals surface area contributed by atoms with E-state index in [1.165, 1.54) is 6.92 Å². The Hall–Kier alpha value is -1.77. The van der Waals surface area contributed by atoms with Gasteiger partial charge in [-0.2, -0.15) is 0 Å². The van der Waals surface area contributed by atoms with Crippen LogP contribution in [0.25, 0.3) is 0 Å². The lowest BCUT2D eigenvalue weighted by Crippen LogP contribution is -2.15. The molecule has 0 aromatic heterocycles. The minimum atomic E-state index is -0.637. The number of carbonyl (C=O) groups is 3. The summed E-state index contributed by atoms with van der Waals surface area (Å²) in [5, 5.41) is 0. The Bertz CT molecular complexity index is 420. The predicted molar refractivity (Wildman–Crippen MR) is 89.9 cm³/mol. The largest absolute Gasteiger partial charge is 0.294 e. The van der Waals surface area contributed by atoms with Gasteiger partial charge in [-0.05, 0) is 13.0 Å². The van der Waals surface area contributed by atoms with Crippen molar-refractivity contribution in [3.05, 3.63) is 35.4 Å². The van der Waals surface area contributed by atoms with Crippen LogP contribution in [0.3, 0.4) is 0 Å². The maximum Gasteiger partial charge on any atom is 0.205 e. The van der Waals surface area contributed by atoms with E-state index < -0.39 is 11.6 Å². The molecule has 0 N–H and O–H groups in total. The molecule has 0 saturated heterocycles. The average Bonchev–Trinajstić information content (AvgIpc) is 2.53. The molecule has 21 heavy (non-hydrogen) atoms. The number of aryl methyl sites for hydroxylation is 1. The quantitative estimate of drug-likeness (QED) is 0.455. The number of carbonyl (C=O) groups excluding carboxylic acids is 3. The topological polar surface area (TPSA) is 51.2 Å². The van der Waals surface area contributed by atoms with Gasteiger partial charge >= 0.3 is 0 Å². The molecule has 0 fully saturated rings. The van der Waals surface area contributed by atoms with Crippen molar-refractivity contribution in [2.24, 2.45) is 0 Å². The first-order valence-electron chi connectivity index (χ1n) is 7.64. The lowest BCUT2D eigenvalue weighted by Gasteiger charge is -1.99. The van der Waals surface area contributed by atoms with Crippen molar-refractivity contribution in [3.63, 3.8) is 0 Å². The van der Waals surface area contributed by atoms with Crippen molar-refractivity contribution in [3.8, 4) is 0 Å². The molecule has 0 aliphatic carbocycles. The second-order valence-electron chi connectivity index (χ2n) is 3.45. The van der Waals surface area contributed by atoms with E-state index >= 15 is 0 Å². The summed E-state index contributed by atoms with van der Waals surface area (Å²) in [5.74, 6) is -1.52. The molecule has 0 unspecified atom stereocenters. The molecule has 0 radical (unpaired) electrons. The maximum absolute atomic E-state index is 11.5. The molecule has 0 bridgehead atoms. The van der Waals surface area contributed by atoms with Crippen molar-refractivity contribution >= 4 is 17.3 Å². The highest BCUT2D eigenvalue weighted by Crippen LogP contribution is 2.07. The summed E-state index contributed by atoms with van der Waals surface area (Å²) in [6.45, 7) is 15.0. The molecule has 1 aromatic carbocycles. The molecule has 120 valence electrons. The van der Waals surface area contributed by atoms with Gasteiger partial charge in [0.2, 0.25) is 5.78 Å². The first-order valence-corrected chi connectivity index (χ1v) is 7.64. The third-order valence-corrected chi connectivity index (χ3v) is 2.05. The standard InChI is InChI=1S/C12H12O3.3C2H6/c1-8-4-3-5-10(6-8)12(15)7-11(14)9(2)13;3*1-2/h3-6H,7H2,1-2H3;3*1-2H3. The van der Waals surface area contributed by atoms with Crippen LogP contribution >= 0.6 is 0 Å². The highest BCUT2D eigenvalue weighted by atomic mass is 16.2. The van der Waals surface area contributed by atoms with E-state index in [1.807, 2.05) is 54.5 Å². The lowest BCUT2D eigenvalue weighted by atomic mass is 10.0. The Morgan fingerprint density at radius 1 is 0.905 bits per heavy atom.